The molecule has 0 radical (unpaired) electrons. The highest BCUT2D eigenvalue weighted by Gasteiger charge is 2.32. The van der Waals surface area contributed by atoms with Crippen LogP contribution in [0.15, 0.2) is 47.8 Å². The Morgan fingerprint density at radius 2 is 2.17 bits per heavy atom. The molecule has 220 valence electrons. The Hall–Kier alpha value is -3.65. The number of amides is 2. The molecule has 1 fully saturated rings. The molecule has 41 heavy (non-hydrogen) atoms. The number of carboxylic acid groups (broad SMARTS) is 1. The van der Waals surface area contributed by atoms with Gasteiger partial charge in [-0.05, 0) is 30.7 Å². The molecule has 2 aliphatic rings. The molecule has 5 N–H and O–H groups in total. The van der Waals surface area contributed by atoms with Gasteiger partial charge < -0.3 is 40.4 Å². The van der Waals surface area contributed by atoms with E-state index in [0.717, 1.165) is 0 Å². The van der Waals surface area contributed by atoms with E-state index in [-0.39, 0.29) is 55.3 Å². The molecule has 1 aromatic carbocycles. The van der Waals surface area contributed by atoms with Gasteiger partial charge in [0.15, 0.2) is 5.75 Å². The maximum Gasteiger partial charge on any atom is 0.407 e. The fraction of sp³-hybridized carbons (Fsp3) is 0.407. The standard InChI is InChI=1S/C27H32ClN5O7S/c1-38-24-18(28)4-2-5-19(24)32-26(41)22-23(16(7-10-34)12-31-25(22)35)30-13-20-21(6-3-8-29-20)40-15-17-14-39-11-9-33(17)27(36)37/h2-6,8,16-17,30,34H,7,9-15H2,1H3,(H,31,35)(H,32,41)(H,36,37)/t16?,17-/m0/s1. The van der Waals surface area contributed by atoms with Gasteiger partial charge in [0.05, 0.1) is 49.2 Å². The van der Waals surface area contributed by atoms with Crippen molar-refractivity contribution in [2.45, 2.75) is 19.0 Å². The van der Waals surface area contributed by atoms with Gasteiger partial charge in [-0.2, -0.15) is 0 Å². The summed E-state index contributed by atoms with van der Waals surface area (Å²) in [5.74, 6) is 0.227. The van der Waals surface area contributed by atoms with E-state index in [4.69, 9.17) is 38.0 Å². The van der Waals surface area contributed by atoms with Crippen LogP contribution in [0.4, 0.5) is 10.5 Å². The molecule has 2 amide bonds. The number of ether oxygens (including phenoxy) is 3. The number of hydrogen-bond donors (Lipinski definition) is 5. The molecule has 0 spiro atoms. The number of thiocarbonyl (C=S) groups is 1. The third kappa shape index (κ3) is 7.36. The lowest BCUT2D eigenvalue weighted by molar-refractivity contribution is -0.117. The first-order valence-electron chi connectivity index (χ1n) is 13.0. The molecule has 2 aromatic rings. The van der Waals surface area contributed by atoms with Crippen LogP contribution in [0.3, 0.4) is 0 Å². The van der Waals surface area contributed by atoms with Crippen LogP contribution >= 0.6 is 23.8 Å². The second-order valence-electron chi connectivity index (χ2n) is 9.30. The highest BCUT2D eigenvalue weighted by Crippen LogP contribution is 2.33. The van der Waals surface area contributed by atoms with E-state index in [9.17, 15) is 19.8 Å². The maximum absolute atomic E-state index is 13.1. The lowest BCUT2D eigenvalue weighted by atomic mass is 9.93. The number of benzene rings is 1. The summed E-state index contributed by atoms with van der Waals surface area (Å²) in [5, 5.41) is 28.8. The summed E-state index contributed by atoms with van der Waals surface area (Å²) in [7, 11) is 1.49. The van der Waals surface area contributed by atoms with Crippen molar-refractivity contribution in [1.29, 1.82) is 0 Å². The van der Waals surface area contributed by atoms with Gasteiger partial charge in [0, 0.05) is 37.5 Å². The summed E-state index contributed by atoms with van der Waals surface area (Å²) in [6.07, 6.45) is 0.968. The summed E-state index contributed by atoms with van der Waals surface area (Å²) in [5.41, 5.74) is 1.82. The van der Waals surface area contributed by atoms with E-state index in [1.165, 1.54) is 12.0 Å². The molecule has 1 aromatic heterocycles. The van der Waals surface area contributed by atoms with E-state index in [0.29, 0.717) is 53.2 Å². The lowest BCUT2D eigenvalue weighted by Crippen LogP contribution is -2.50. The number of aliphatic hydroxyl groups excluding tert-OH is 1. The first-order chi connectivity index (χ1) is 19.8. The summed E-state index contributed by atoms with van der Waals surface area (Å²) in [6.45, 7) is 1.32. The highest BCUT2D eigenvalue weighted by atomic mass is 35.5. The monoisotopic (exact) mass is 605 g/mol. The minimum absolute atomic E-state index is 0.0873. The second-order valence-corrected chi connectivity index (χ2v) is 10.1. The molecule has 0 aliphatic carbocycles. The molecule has 3 heterocycles. The number of aliphatic hydroxyl groups is 1. The minimum atomic E-state index is -1.03. The quantitative estimate of drug-likeness (QED) is 0.240. The van der Waals surface area contributed by atoms with Gasteiger partial charge in [-0.1, -0.05) is 29.9 Å². The van der Waals surface area contributed by atoms with Gasteiger partial charge in [0.25, 0.3) is 5.91 Å². The number of carbonyl (C=O) groups is 2. The van der Waals surface area contributed by atoms with Crippen LogP contribution in [0.1, 0.15) is 12.1 Å². The number of rotatable bonds is 11. The number of methoxy groups -OCH3 is 1. The van der Waals surface area contributed by atoms with Gasteiger partial charge in [-0.25, -0.2) is 4.79 Å². The van der Waals surface area contributed by atoms with E-state index >= 15 is 0 Å². The van der Waals surface area contributed by atoms with Crippen molar-refractivity contribution in [1.82, 2.24) is 20.5 Å². The molecule has 12 nitrogen and oxygen atoms in total. The Kier molecular flexibility index (Phi) is 10.6. The number of carbonyl (C=O) groups excluding carboxylic acids is 1. The number of morpholine rings is 1. The molecule has 2 aliphatic heterocycles. The second kappa shape index (κ2) is 14.3. The van der Waals surface area contributed by atoms with Gasteiger partial charge >= 0.3 is 6.09 Å². The van der Waals surface area contributed by atoms with E-state index in [1.807, 2.05) is 0 Å². The van der Waals surface area contributed by atoms with Gasteiger partial charge in [0.2, 0.25) is 0 Å². The predicted molar refractivity (Wildman–Crippen MR) is 155 cm³/mol. The van der Waals surface area contributed by atoms with Crippen molar-refractivity contribution in [2.75, 3.05) is 51.9 Å². The fourth-order valence-corrected chi connectivity index (χ4v) is 5.25. The SMILES string of the molecule is COc1c(Cl)cccc1NC(=S)C1=C(NCc2ncccc2OC[C@@H]2COCCN2C(=O)O)C(CCO)CNC1=O. The zero-order valence-corrected chi connectivity index (χ0v) is 24.0. The third-order valence-electron chi connectivity index (χ3n) is 6.74. The summed E-state index contributed by atoms with van der Waals surface area (Å²) >= 11 is 11.9. The molecule has 1 unspecified atom stereocenters. The number of hydrogen-bond acceptors (Lipinski definition) is 9. The predicted octanol–water partition coefficient (Wildman–Crippen LogP) is 2.41. The van der Waals surface area contributed by atoms with Crippen molar-refractivity contribution in [3.63, 3.8) is 0 Å². The molecular weight excluding hydrogens is 574 g/mol. The van der Waals surface area contributed by atoms with Crippen LogP contribution < -0.4 is 25.4 Å². The van der Waals surface area contributed by atoms with Crippen LogP contribution in [0.2, 0.25) is 5.02 Å². The summed E-state index contributed by atoms with van der Waals surface area (Å²) < 4.78 is 16.8. The zero-order valence-electron chi connectivity index (χ0n) is 22.4. The Morgan fingerprint density at radius 3 is 2.93 bits per heavy atom. The van der Waals surface area contributed by atoms with Crippen LogP contribution in [0.25, 0.3) is 0 Å². The molecule has 2 atom stereocenters. The van der Waals surface area contributed by atoms with E-state index < -0.39 is 12.1 Å². The first-order valence-corrected chi connectivity index (χ1v) is 13.8. The number of para-hydroxylation sites is 1. The topological polar surface area (TPSA) is 155 Å². The Bertz CT molecular complexity index is 1310. The van der Waals surface area contributed by atoms with E-state index in [2.05, 4.69) is 20.9 Å². The summed E-state index contributed by atoms with van der Waals surface area (Å²) in [6, 6.07) is 8.14. The van der Waals surface area contributed by atoms with Gasteiger partial charge in [0.1, 0.15) is 23.0 Å². The van der Waals surface area contributed by atoms with Crippen molar-refractivity contribution in [3.8, 4) is 11.5 Å². The Balaban J connectivity index is 1.56. The first kappa shape index (κ1) is 30.3. The number of anilines is 1. The largest absolute Gasteiger partial charge is 0.493 e. The third-order valence-corrected chi connectivity index (χ3v) is 7.34. The smallest absolute Gasteiger partial charge is 0.407 e. The van der Waals surface area contributed by atoms with Gasteiger partial charge in [-0.15, -0.1) is 0 Å². The van der Waals surface area contributed by atoms with Crippen LogP contribution in [-0.2, 0) is 16.1 Å². The van der Waals surface area contributed by atoms with Crippen molar-refractivity contribution >= 4 is 46.5 Å². The molecule has 0 bridgehead atoms. The number of nitrogens with one attached hydrogen (secondary N) is 3. The van der Waals surface area contributed by atoms with Crippen LogP contribution in [-0.4, -0.2) is 89.8 Å². The van der Waals surface area contributed by atoms with Crippen LogP contribution in [0, 0.1) is 5.92 Å². The van der Waals surface area contributed by atoms with Crippen LogP contribution in [0.5, 0.6) is 11.5 Å². The zero-order chi connectivity index (χ0) is 29.4. The molecule has 14 heteroatoms. The Morgan fingerprint density at radius 1 is 1.34 bits per heavy atom. The Labute approximate surface area is 247 Å². The van der Waals surface area contributed by atoms with Crippen molar-refractivity contribution in [3.05, 3.63) is 58.5 Å². The average Bonchev–Trinajstić information content (AvgIpc) is 2.96. The normalized spacial score (nSPS) is 18.9. The number of nitrogens with zero attached hydrogens (tertiary/aromatic N) is 2. The minimum Gasteiger partial charge on any atom is -0.493 e. The molecule has 1 saturated heterocycles. The van der Waals surface area contributed by atoms with Gasteiger partial charge in [-0.3, -0.25) is 14.7 Å². The molecular formula is C27H32ClN5O7S. The van der Waals surface area contributed by atoms with Crippen molar-refractivity contribution < 1.29 is 34.0 Å². The fourth-order valence-electron chi connectivity index (χ4n) is 4.69. The van der Waals surface area contributed by atoms with E-state index in [1.54, 1.807) is 36.5 Å². The lowest BCUT2D eigenvalue weighted by Gasteiger charge is -2.33. The summed E-state index contributed by atoms with van der Waals surface area (Å²) in [4.78, 5) is 30.6. The highest BCUT2D eigenvalue weighted by molar-refractivity contribution is 7.81. The number of pyridine rings is 1. The van der Waals surface area contributed by atoms with Crippen molar-refractivity contribution in [2.24, 2.45) is 5.92 Å². The number of aromatic nitrogens is 1. The molecule has 4 rings (SSSR count). The maximum atomic E-state index is 13.1. The average molecular weight is 606 g/mol. The number of halogens is 1. The molecule has 0 saturated carbocycles.